The van der Waals surface area contributed by atoms with Crippen LogP contribution in [0, 0.1) is 6.92 Å². The molecular formula is C28H26N4O2S. The Morgan fingerprint density at radius 3 is 2.37 bits per heavy atom. The fourth-order valence-electron chi connectivity index (χ4n) is 4.21. The van der Waals surface area contributed by atoms with E-state index in [-0.39, 0.29) is 6.04 Å². The second-order valence-electron chi connectivity index (χ2n) is 8.52. The van der Waals surface area contributed by atoms with Crippen molar-refractivity contribution in [3.63, 3.8) is 0 Å². The fourth-order valence-corrected chi connectivity index (χ4v) is 4.53. The summed E-state index contributed by atoms with van der Waals surface area (Å²) in [5.41, 5.74) is 6.17. The number of allylic oxidation sites excluding steroid dienone is 1. The van der Waals surface area contributed by atoms with Gasteiger partial charge in [0.15, 0.2) is 5.11 Å². The van der Waals surface area contributed by atoms with E-state index in [1.807, 2.05) is 54.6 Å². The van der Waals surface area contributed by atoms with Crippen molar-refractivity contribution < 1.29 is 9.26 Å². The molecule has 1 atom stereocenters. The number of aromatic nitrogens is 2. The summed E-state index contributed by atoms with van der Waals surface area (Å²) < 4.78 is 11.1. The van der Waals surface area contributed by atoms with Crippen molar-refractivity contribution in [2.24, 2.45) is 0 Å². The number of thiocarbonyl (C=S) groups is 1. The summed E-state index contributed by atoms with van der Waals surface area (Å²) in [6, 6.07) is 26.0. The van der Waals surface area contributed by atoms with Crippen molar-refractivity contribution in [1.29, 1.82) is 0 Å². The van der Waals surface area contributed by atoms with Gasteiger partial charge in [-0.15, -0.1) is 0 Å². The minimum absolute atomic E-state index is 0.209. The van der Waals surface area contributed by atoms with E-state index in [9.17, 15) is 0 Å². The number of methoxy groups -OCH3 is 1. The van der Waals surface area contributed by atoms with Crippen LogP contribution in [0.5, 0.6) is 5.75 Å². The van der Waals surface area contributed by atoms with Gasteiger partial charge in [0.05, 0.1) is 18.7 Å². The van der Waals surface area contributed by atoms with Crippen LogP contribution < -0.4 is 10.1 Å². The smallest absolute Gasteiger partial charge is 0.258 e. The number of aryl methyl sites for hydroxylation is 1. The third-order valence-electron chi connectivity index (χ3n) is 6.20. The molecule has 0 saturated carbocycles. The predicted octanol–water partition coefficient (Wildman–Crippen LogP) is 5.92. The number of rotatable bonds is 6. The van der Waals surface area contributed by atoms with Crippen molar-refractivity contribution in [3.05, 3.63) is 107 Å². The molecule has 0 amide bonds. The summed E-state index contributed by atoms with van der Waals surface area (Å²) in [5.74, 6) is 1.85. The lowest BCUT2D eigenvalue weighted by molar-refractivity contribution is 0.396. The Bertz CT molecular complexity index is 1360. The van der Waals surface area contributed by atoms with Crippen LogP contribution in [-0.4, -0.2) is 27.3 Å². The van der Waals surface area contributed by atoms with Gasteiger partial charge in [-0.05, 0) is 49.3 Å². The molecule has 0 saturated heterocycles. The van der Waals surface area contributed by atoms with Crippen LogP contribution >= 0.6 is 12.2 Å². The molecule has 2 heterocycles. The molecule has 1 unspecified atom stereocenters. The summed E-state index contributed by atoms with van der Waals surface area (Å²) in [5, 5.41) is 8.44. The Labute approximate surface area is 210 Å². The van der Waals surface area contributed by atoms with Gasteiger partial charge in [-0.2, -0.15) is 4.98 Å². The molecule has 4 aromatic rings. The van der Waals surface area contributed by atoms with Crippen LogP contribution in [0.1, 0.15) is 35.5 Å². The monoisotopic (exact) mass is 482 g/mol. The molecule has 1 aromatic heterocycles. The third kappa shape index (κ3) is 4.68. The third-order valence-corrected chi connectivity index (χ3v) is 6.53. The first kappa shape index (κ1) is 22.8. The standard InChI is InChI=1S/C28H26N4O2S/c1-18-9-13-21(14-10-18)25-24(27-30-26(31-34-27)22-7-5-4-6-8-22)19(2)32(28(35)29-25)17-20-11-15-23(33-3)16-12-20/h4-16,25H,17H2,1-3H3,(H,29,35). The number of ether oxygens (including phenoxy) is 1. The van der Waals surface area contributed by atoms with Crippen molar-refractivity contribution in [2.75, 3.05) is 7.11 Å². The van der Waals surface area contributed by atoms with Gasteiger partial charge in [0.1, 0.15) is 5.75 Å². The molecule has 7 heteroatoms. The van der Waals surface area contributed by atoms with E-state index >= 15 is 0 Å². The molecule has 6 nitrogen and oxygen atoms in total. The van der Waals surface area contributed by atoms with Crippen LogP contribution in [0.25, 0.3) is 17.0 Å². The van der Waals surface area contributed by atoms with Crippen molar-refractivity contribution >= 4 is 22.9 Å². The zero-order chi connectivity index (χ0) is 24.4. The summed E-state index contributed by atoms with van der Waals surface area (Å²) in [6.45, 7) is 4.73. The van der Waals surface area contributed by atoms with Gasteiger partial charge in [0.2, 0.25) is 5.82 Å². The molecule has 0 bridgehead atoms. The molecule has 0 spiro atoms. The number of hydrogen-bond acceptors (Lipinski definition) is 5. The summed E-state index contributed by atoms with van der Waals surface area (Å²) in [7, 11) is 1.66. The summed E-state index contributed by atoms with van der Waals surface area (Å²) in [4.78, 5) is 6.85. The van der Waals surface area contributed by atoms with Crippen LogP contribution in [0.15, 0.2) is 89.1 Å². The first-order valence-corrected chi connectivity index (χ1v) is 11.8. The van der Waals surface area contributed by atoms with Crippen molar-refractivity contribution in [2.45, 2.75) is 26.4 Å². The minimum atomic E-state index is -0.209. The maximum atomic E-state index is 5.83. The molecule has 35 heavy (non-hydrogen) atoms. The molecular weight excluding hydrogens is 456 g/mol. The lowest BCUT2D eigenvalue weighted by Gasteiger charge is -2.37. The zero-order valence-corrected chi connectivity index (χ0v) is 20.7. The van der Waals surface area contributed by atoms with E-state index in [0.29, 0.717) is 23.4 Å². The van der Waals surface area contributed by atoms with E-state index in [1.165, 1.54) is 5.56 Å². The van der Waals surface area contributed by atoms with E-state index in [2.05, 4.69) is 53.5 Å². The predicted molar refractivity (Wildman–Crippen MR) is 141 cm³/mol. The highest BCUT2D eigenvalue weighted by molar-refractivity contribution is 7.80. The lowest BCUT2D eigenvalue weighted by atomic mass is 9.94. The Morgan fingerprint density at radius 1 is 0.971 bits per heavy atom. The second kappa shape index (κ2) is 9.72. The van der Waals surface area contributed by atoms with E-state index in [0.717, 1.165) is 33.7 Å². The molecule has 5 rings (SSSR count). The fraction of sp³-hybridized carbons (Fsp3) is 0.179. The van der Waals surface area contributed by atoms with Crippen molar-refractivity contribution in [1.82, 2.24) is 20.4 Å². The highest BCUT2D eigenvalue weighted by Crippen LogP contribution is 2.38. The molecule has 176 valence electrons. The lowest BCUT2D eigenvalue weighted by Crippen LogP contribution is -2.45. The quantitative estimate of drug-likeness (QED) is 0.343. The molecule has 0 radical (unpaired) electrons. The number of nitrogens with one attached hydrogen (secondary N) is 1. The van der Waals surface area contributed by atoms with Gasteiger partial charge in [0, 0.05) is 17.8 Å². The molecule has 0 fully saturated rings. The van der Waals surface area contributed by atoms with Gasteiger partial charge >= 0.3 is 0 Å². The number of benzene rings is 3. The van der Waals surface area contributed by atoms with Gasteiger partial charge < -0.3 is 19.5 Å². The maximum Gasteiger partial charge on any atom is 0.258 e. The number of nitrogens with zero attached hydrogens (tertiary/aromatic N) is 3. The van der Waals surface area contributed by atoms with Gasteiger partial charge in [0.25, 0.3) is 5.89 Å². The molecule has 1 aliphatic heterocycles. The molecule has 0 aliphatic carbocycles. The molecule has 1 N–H and O–H groups in total. The highest BCUT2D eigenvalue weighted by atomic mass is 32.1. The van der Waals surface area contributed by atoms with Crippen LogP contribution in [0.3, 0.4) is 0 Å². The Balaban J connectivity index is 1.57. The second-order valence-corrected chi connectivity index (χ2v) is 8.90. The van der Waals surface area contributed by atoms with Gasteiger partial charge in [-0.25, -0.2) is 0 Å². The Morgan fingerprint density at radius 2 is 1.69 bits per heavy atom. The van der Waals surface area contributed by atoms with Gasteiger partial charge in [-0.3, -0.25) is 0 Å². The first-order chi connectivity index (χ1) is 17.0. The highest BCUT2D eigenvalue weighted by Gasteiger charge is 2.34. The topological polar surface area (TPSA) is 63.4 Å². The average Bonchev–Trinajstić information content (AvgIpc) is 3.37. The molecule has 1 aliphatic rings. The van der Waals surface area contributed by atoms with E-state index < -0.39 is 0 Å². The summed E-state index contributed by atoms with van der Waals surface area (Å²) >= 11 is 5.83. The largest absolute Gasteiger partial charge is 0.497 e. The van der Waals surface area contributed by atoms with Crippen LogP contribution in [-0.2, 0) is 6.54 Å². The first-order valence-electron chi connectivity index (χ1n) is 11.4. The maximum absolute atomic E-state index is 5.83. The summed E-state index contributed by atoms with van der Waals surface area (Å²) in [6.07, 6.45) is 0. The van der Waals surface area contributed by atoms with E-state index in [4.69, 9.17) is 26.5 Å². The number of hydrogen-bond donors (Lipinski definition) is 1. The Hall–Kier alpha value is -3.97. The van der Waals surface area contributed by atoms with Gasteiger partial charge in [-0.1, -0.05) is 77.5 Å². The van der Waals surface area contributed by atoms with Crippen LogP contribution in [0.4, 0.5) is 0 Å². The average molecular weight is 483 g/mol. The SMILES string of the molecule is COc1ccc(CN2C(=S)NC(c3ccc(C)cc3)C(c3nc(-c4ccccc4)no3)=C2C)cc1. The molecule has 3 aromatic carbocycles. The normalized spacial score (nSPS) is 15.8. The van der Waals surface area contributed by atoms with E-state index in [1.54, 1.807) is 7.11 Å². The van der Waals surface area contributed by atoms with Crippen LogP contribution in [0.2, 0.25) is 0 Å². The zero-order valence-electron chi connectivity index (χ0n) is 19.9. The Kier molecular flexibility index (Phi) is 6.33. The minimum Gasteiger partial charge on any atom is -0.497 e. The van der Waals surface area contributed by atoms with Crippen molar-refractivity contribution in [3.8, 4) is 17.1 Å².